The van der Waals surface area contributed by atoms with Gasteiger partial charge in [0, 0.05) is 16.3 Å². The van der Waals surface area contributed by atoms with Gasteiger partial charge in [-0.2, -0.15) is 0 Å². The molecule has 0 spiro atoms. The summed E-state index contributed by atoms with van der Waals surface area (Å²) in [6.07, 6.45) is 17.2. The highest BCUT2D eigenvalue weighted by atomic mass is 16.5. The minimum atomic E-state index is 0.232. The zero-order valence-corrected chi connectivity index (χ0v) is 18.3. The van der Waals surface area contributed by atoms with Gasteiger partial charge in [0.15, 0.2) is 11.5 Å². The Labute approximate surface area is 176 Å². The molecule has 2 aromatic rings. The molecule has 0 aromatic heterocycles. The van der Waals surface area contributed by atoms with Crippen LogP contribution < -0.4 is 9.47 Å². The quantitative estimate of drug-likeness (QED) is 0.400. The van der Waals surface area contributed by atoms with Gasteiger partial charge in [0.2, 0.25) is 0 Å². The van der Waals surface area contributed by atoms with Crippen LogP contribution in [0, 0.1) is 5.92 Å². The summed E-state index contributed by atoms with van der Waals surface area (Å²) in [7, 11) is 3.30. The van der Waals surface area contributed by atoms with Crippen molar-refractivity contribution in [1.82, 2.24) is 0 Å². The van der Waals surface area contributed by atoms with Crippen molar-refractivity contribution in [1.29, 1.82) is 0 Å². The standard InChI is InChI=1S/C26H38O3/c1-28-25-21-17-12-13-18-22(21)26(29-2)24(27)23(25)19-11-6-4-3-5-8-14-20-15-9-7-10-16-20/h12-13,17-18,20,27H,3-11,14-16,19H2,1-2H3. The van der Waals surface area contributed by atoms with Crippen molar-refractivity contribution < 1.29 is 14.6 Å². The first kappa shape index (κ1) is 21.8. The number of hydrogen-bond donors (Lipinski definition) is 1. The summed E-state index contributed by atoms with van der Waals surface area (Å²) in [5, 5.41) is 12.7. The van der Waals surface area contributed by atoms with Crippen LogP contribution in [0.4, 0.5) is 0 Å². The van der Waals surface area contributed by atoms with E-state index in [0.29, 0.717) is 5.75 Å². The van der Waals surface area contributed by atoms with Crippen LogP contribution >= 0.6 is 0 Å². The molecule has 0 atom stereocenters. The van der Waals surface area contributed by atoms with Crippen molar-refractivity contribution in [3.63, 3.8) is 0 Å². The van der Waals surface area contributed by atoms with E-state index in [9.17, 15) is 5.11 Å². The van der Waals surface area contributed by atoms with Gasteiger partial charge in [-0.05, 0) is 18.8 Å². The Bertz CT molecular complexity index is 762. The summed E-state index contributed by atoms with van der Waals surface area (Å²) in [6, 6.07) is 7.95. The summed E-state index contributed by atoms with van der Waals surface area (Å²) in [5.74, 6) is 2.59. The second kappa shape index (κ2) is 11.3. The minimum Gasteiger partial charge on any atom is -0.504 e. The Kier molecular flexibility index (Phi) is 8.52. The van der Waals surface area contributed by atoms with Crippen LogP contribution in [0.25, 0.3) is 10.8 Å². The Hall–Kier alpha value is -1.90. The number of fused-ring (bicyclic) bond motifs is 1. The van der Waals surface area contributed by atoms with E-state index in [4.69, 9.17) is 9.47 Å². The molecule has 0 unspecified atom stereocenters. The van der Waals surface area contributed by atoms with Crippen molar-refractivity contribution in [2.45, 2.75) is 83.5 Å². The van der Waals surface area contributed by atoms with E-state index in [-0.39, 0.29) is 5.75 Å². The second-order valence-electron chi connectivity index (χ2n) is 8.60. The van der Waals surface area contributed by atoms with Crippen LogP contribution in [0.2, 0.25) is 0 Å². The average molecular weight is 399 g/mol. The number of benzene rings is 2. The Morgan fingerprint density at radius 2 is 1.38 bits per heavy atom. The lowest BCUT2D eigenvalue weighted by molar-refractivity contribution is 0.328. The van der Waals surface area contributed by atoms with Gasteiger partial charge < -0.3 is 14.6 Å². The number of methoxy groups -OCH3 is 2. The molecule has 29 heavy (non-hydrogen) atoms. The topological polar surface area (TPSA) is 38.7 Å². The third-order valence-corrected chi connectivity index (χ3v) is 6.61. The van der Waals surface area contributed by atoms with Crippen LogP contribution in [0.1, 0.15) is 82.6 Å². The first-order valence-corrected chi connectivity index (χ1v) is 11.6. The maximum Gasteiger partial charge on any atom is 0.168 e. The third kappa shape index (κ3) is 5.58. The van der Waals surface area contributed by atoms with Gasteiger partial charge in [-0.3, -0.25) is 0 Å². The monoisotopic (exact) mass is 398 g/mol. The van der Waals surface area contributed by atoms with Crippen molar-refractivity contribution in [2.24, 2.45) is 5.92 Å². The molecule has 0 amide bonds. The van der Waals surface area contributed by atoms with Crippen molar-refractivity contribution >= 4 is 10.8 Å². The second-order valence-corrected chi connectivity index (χ2v) is 8.60. The van der Waals surface area contributed by atoms with Crippen molar-refractivity contribution in [3.8, 4) is 17.2 Å². The predicted octanol–water partition coefficient (Wildman–Crippen LogP) is 7.42. The number of phenolic OH excluding ortho intramolecular Hbond substituents is 1. The maximum absolute atomic E-state index is 10.8. The van der Waals surface area contributed by atoms with Gasteiger partial charge in [0.25, 0.3) is 0 Å². The van der Waals surface area contributed by atoms with Crippen LogP contribution in [0.3, 0.4) is 0 Å². The number of unbranched alkanes of at least 4 members (excludes halogenated alkanes) is 5. The maximum atomic E-state index is 10.8. The van der Waals surface area contributed by atoms with Crippen molar-refractivity contribution in [2.75, 3.05) is 14.2 Å². The lowest BCUT2D eigenvalue weighted by atomic mass is 9.85. The average Bonchev–Trinajstić information content (AvgIpc) is 2.76. The molecule has 3 rings (SSSR count). The predicted molar refractivity (Wildman–Crippen MR) is 121 cm³/mol. The summed E-state index contributed by atoms with van der Waals surface area (Å²) in [5.41, 5.74) is 0.875. The van der Waals surface area contributed by atoms with E-state index >= 15 is 0 Å². The zero-order chi connectivity index (χ0) is 20.5. The first-order valence-electron chi connectivity index (χ1n) is 11.6. The fourth-order valence-electron chi connectivity index (χ4n) is 5.00. The van der Waals surface area contributed by atoms with Crippen LogP contribution in [0.15, 0.2) is 24.3 Å². The Balaban J connectivity index is 1.47. The fraction of sp³-hybridized carbons (Fsp3) is 0.615. The molecule has 0 aliphatic heterocycles. The first-order chi connectivity index (χ1) is 14.3. The molecule has 0 saturated heterocycles. The van der Waals surface area contributed by atoms with Crippen molar-refractivity contribution in [3.05, 3.63) is 29.8 Å². The number of rotatable bonds is 11. The summed E-state index contributed by atoms with van der Waals surface area (Å²) in [4.78, 5) is 0. The minimum absolute atomic E-state index is 0.232. The van der Waals surface area contributed by atoms with E-state index < -0.39 is 0 Å². The molecule has 1 N–H and O–H groups in total. The number of aromatic hydroxyl groups is 1. The van der Waals surface area contributed by atoms with Gasteiger partial charge in [-0.15, -0.1) is 0 Å². The molecular formula is C26H38O3. The van der Waals surface area contributed by atoms with E-state index in [2.05, 4.69) is 0 Å². The molecule has 1 aliphatic rings. The number of phenols is 1. The largest absolute Gasteiger partial charge is 0.504 e. The Morgan fingerprint density at radius 3 is 2.03 bits per heavy atom. The van der Waals surface area contributed by atoms with E-state index in [1.807, 2.05) is 24.3 Å². The fourth-order valence-corrected chi connectivity index (χ4v) is 5.00. The molecule has 1 saturated carbocycles. The van der Waals surface area contributed by atoms with Crippen LogP contribution in [0.5, 0.6) is 17.2 Å². The molecule has 0 radical (unpaired) electrons. The smallest absolute Gasteiger partial charge is 0.168 e. The third-order valence-electron chi connectivity index (χ3n) is 6.61. The molecule has 3 nitrogen and oxygen atoms in total. The van der Waals surface area contributed by atoms with Gasteiger partial charge in [0.1, 0.15) is 5.75 Å². The lowest BCUT2D eigenvalue weighted by Gasteiger charge is -2.21. The highest BCUT2D eigenvalue weighted by molar-refractivity contribution is 5.97. The molecule has 0 bridgehead atoms. The number of hydrogen-bond acceptors (Lipinski definition) is 3. The van der Waals surface area contributed by atoms with E-state index in [0.717, 1.165) is 40.8 Å². The molecule has 3 heteroatoms. The molecule has 1 fully saturated rings. The van der Waals surface area contributed by atoms with Gasteiger partial charge >= 0.3 is 0 Å². The Morgan fingerprint density at radius 1 is 0.793 bits per heavy atom. The SMILES string of the molecule is COc1c(O)c(CCCCCCCCC2CCCCC2)c(OC)c2ccccc12. The highest BCUT2D eigenvalue weighted by Gasteiger charge is 2.20. The molecule has 1 aliphatic carbocycles. The normalized spacial score (nSPS) is 15.0. The van der Waals surface area contributed by atoms with Crippen LogP contribution in [-0.4, -0.2) is 19.3 Å². The van der Waals surface area contributed by atoms with Crippen LogP contribution in [-0.2, 0) is 6.42 Å². The molecular weight excluding hydrogens is 360 g/mol. The highest BCUT2D eigenvalue weighted by Crippen LogP contribution is 2.45. The summed E-state index contributed by atoms with van der Waals surface area (Å²) < 4.78 is 11.2. The van der Waals surface area contributed by atoms with Gasteiger partial charge in [-0.1, -0.05) is 94.9 Å². The molecule has 2 aromatic carbocycles. The van der Waals surface area contributed by atoms with Gasteiger partial charge in [0.05, 0.1) is 14.2 Å². The lowest BCUT2D eigenvalue weighted by Crippen LogP contribution is -2.05. The van der Waals surface area contributed by atoms with Gasteiger partial charge in [-0.25, -0.2) is 0 Å². The number of ether oxygens (including phenoxy) is 2. The molecule has 0 heterocycles. The summed E-state index contributed by atoms with van der Waals surface area (Å²) in [6.45, 7) is 0. The zero-order valence-electron chi connectivity index (χ0n) is 18.3. The molecule has 160 valence electrons. The summed E-state index contributed by atoms with van der Waals surface area (Å²) >= 11 is 0. The van der Waals surface area contributed by atoms with E-state index in [1.54, 1.807) is 14.2 Å². The van der Waals surface area contributed by atoms with E-state index in [1.165, 1.54) is 70.6 Å².